The van der Waals surface area contributed by atoms with Crippen molar-refractivity contribution >= 4 is 5.78 Å². The maximum Gasteiger partial charge on any atom is 0.187 e. The molecule has 0 spiro atoms. The lowest BCUT2D eigenvalue weighted by atomic mass is 9.71. The van der Waals surface area contributed by atoms with E-state index in [4.69, 9.17) is 0 Å². The predicted octanol–water partition coefficient (Wildman–Crippen LogP) is 1.85. The van der Waals surface area contributed by atoms with Crippen molar-refractivity contribution in [3.8, 4) is 0 Å². The van der Waals surface area contributed by atoms with E-state index in [0.717, 1.165) is 5.57 Å². The molecule has 1 N–H and O–H groups in total. The summed E-state index contributed by atoms with van der Waals surface area (Å²) >= 11 is 0. The monoisotopic (exact) mass is 180 g/mol. The zero-order valence-electron chi connectivity index (χ0n) is 8.42. The number of rotatable bonds is 1. The molecule has 0 saturated carbocycles. The number of allylic oxidation sites excluding steroid dienone is 2. The Morgan fingerprint density at radius 1 is 1.62 bits per heavy atom. The second-order valence-corrected chi connectivity index (χ2v) is 4.21. The first-order valence-corrected chi connectivity index (χ1v) is 4.46. The van der Waals surface area contributed by atoms with Gasteiger partial charge in [-0.1, -0.05) is 26.5 Å². The van der Waals surface area contributed by atoms with Gasteiger partial charge >= 0.3 is 0 Å². The van der Waals surface area contributed by atoms with Crippen molar-refractivity contribution in [3.05, 3.63) is 23.8 Å². The second-order valence-electron chi connectivity index (χ2n) is 4.21. The number of carbonyl (C=O) groups excluding carboxylic acids is 1. The Kier molecular flexibility index (Phi) is 2.44. The lowest BCUT2D eigenvalue weighted by Crippen LogP contribution is -2.35. The summed E-state index contributed by atoms with van der Waals surface area (Å²) in [5.41, 5.74) is 1.47. The molecule has 0 radical (unpaired) electrons. The van der Waals surface area contributed by atoms with Gasteiger partial charge in [-0.25, -0.2) is 0 Å². The van der Waals surface area contributed by atoms with E-state index in [1.807, 2.05) is 13.8 Å². The highest BCUT2D eigenvalue weighted by Gasteiger charge is 2.36. The average Bonchev–Trinajstić information content (AvgIpc) is 2.00. The van der Waals surface area contributed by atoms with Crippen LogP contribution in [0.15, 0.2) is 23.8 Å². The van der Waals surface area contributed by atoms with E-state index in [2.05, 4.69) is 6.58 Å². The second kappa shape index (κ2) is 3.11. The number of aliphatic hydroxyl groups excluding tert-OH is 1. The fraction of sp³-hybridized carbons (Fsp3) is 0.545. The third kappa shape index (κ3) is 1.59. The van der Waals surface area contributed by atoms with Crippen LogP contribution in [0.2, 0.25) is 0 Å². The third-order valence-electron chi connectivity index (χ3n) is 2.71. The van der Waals surface area contributed by atoms with Crippen molar-refractivity contribution in [2.45, 2.75) is 33.3 Å². The number of Topliss-reactive ketones (excluding diaryl/α,β-unsaturated/α-hetero) is 1. The normalized spacial score (nSPS) is 27.7. The van der Waals surface area contributed by atoms with Crippen LogP contribution in [0.3, 0.4) is 0 Å². The number of hydrogen-bond donors (Lipinski definition) is 1. The maximum absolute atomic E-state index is 11.4. The molecule has 0 heterocycles. The minimum Gasteiger partial charge on any atom is -0.385 e. The fourth-order valence-corrected chi connectivity index (χ4v) is 2.01. The SMILES string of the molecule is C=CC1=C(C)C(=O)[C@@H](O)CC1(C)C. The third-order valence-corrected chi connectivity index (χ3v) is 2.71. The van der Waals surface area contributed by atoms with Crippen LogP contribution in [0.25, 0.3) is 0 Å². The molecule has 0 saturated heterocycles. The number of ketones is 1. The van der Waals surface area contributed by atoms with Crippen LogP contribution in [-0.4, -0.2) is 17.0 Å². The molecule has 1 aliphatic carbocycles. The molecule has 0 aromatic heterocycles. The first-order valence-electron chi connectivity index (χ1n) is 4.46. The average molecular weight is 180 g/mol. The first kappa shape index (κ1) is 10.2. The van der Waals surface area contributed by atoms with E-state index >= 15 is 0 Å². The van der Waals surface area contributed by atoms with Crippen LogP contribution < -0.4 is 0 Å². The summed E-state index contributed by atoms with van der Waals surface area (Å²) in [7, 11) is 0. The molecule has 1 rings (SSSR count). The first-order chi connectivity index (χ1) is 5.90. The molecule has 0 amide bonds. The van der Waals surface area contributed by atoms with E-state index in [0.29, 0.717) is 12.0 Å². The van der Waals surface area contributed by atoms with Crippen LogP contribution in [-0.2, 0) is 4.79 Å². The van der Waals surface area contributed by atoms with Crippen molar-refractivity contribution in [2.24, 2.45) is 5.41 Å². The van der Waals surface area contributed by atoms with Crippen molar-refractivity contribution < 1.29 is 9.90 Å². The van der Waals surface area contributed by atoms with Gasteiger partial charge in [-0.2, -0.15) is 0 Å². The van der Waals surface area contributed by atoms with Crippen LogP contribution in [0.1, 0.15) is 27.2 Å². The molecule has 0 unspecified atom stereocenters. The highest BCUT2D eigenvalue weighted by atomic mass is 16.3. The fourth-order valence-electron chi connectivity index (χ4n) is 2.01. The van der Waals surface area contributed by atoms with Gasteiger partial charge in [0.1, 0.15) is 6.10 Å². The quantitative estimate of drug-likeness (QED) is 0.668. The molecule has 2 nitrogen and oxygen atoms in total. The van der Waals surface area contributed by atoms with Crippen molar-refractivity contribution in [1.82, 2.24) is 0 Å². The summed E-state index contributed by atoms with van der Waals surface area (Å²) in [4.78, 5) is 11.4. The Morgan fingerprint density at radius 3 is 2.62 bits per heavy atom. The van der Waals surface area contributed by atoms with Crippen LogP contribution >= 0.6 is 0 Å². The van der Waals surface area contributed by atoms with E-state index in [1.54, 1.807) is 13.0 Å². The zero-order chi connectivity index (χ0) is 10.2. The largest absolute Gasteiger partial charge is 0.385 e. The van der Waals surface area contributed by atoms with E-state index < -0.39 is 6.10 Å². The molecule has 72 valence electrons. The highest BCUT2D eigenvalue weighted by molar-refractivity contribution is 6.00. The molecule has 0 aromatic carbocycles. The van der Waals surface area contributed by atoms with Gasteiger partial charge in [0.2, 0.25) is 0 Å². The van der Waals surface area contributed by atoms with Gasteiger partial charge in [0.15, 0.2) is 5.78 Å². The van der Waals surface area contributed by atoms with Crippen LogP contribution in [0.4, 0.5) is 0 Å². The molecule has 0 aromatic rings. The van der Waals surface area contributed by atoms with Crippen LogP contribution in [0.5, 0.6) is 0 Å². The van der Waals surface area contributed by atoms with E-state index in [9.17, 15) is 9.90 Å². The smallest absolute Gasteiger partial charge is 0.187 e. The molecule has 0 aliphatic heterocycles. The van der Waals surface area contributed by atoms with Gasteiger partial charge < -0.3 is 5.11 Å². The molecule has 0 bridgehead atoms. The topological polar surface area (TPSA) is 37.3 Å². The molecule has 1 aliphatic rings. The lowest BCUT2D eigenvalue weighted by Gasteiger charge is -2.34. The van der Waals surface area contributed by atoms with E-state index in [1.165, 1.54) is 0 Å². The standard InChI is InChI=1S/C11H16O2/c1-5-8-7(2)10(13)9(12)6-11(8,3)4/h5,9,12H,1,6H2,2-4H3/t9-/m0/s1. The summed E-state index contributed by atoms with van der Waals surface area (Å²) in [5.74, 6) is -0.158. The molecule has 1 atom stereocenters. The van der Waals surface area contributed by atoms with Gasteiger partial charge in [-0.05, 0) is 29.9 Å². The van der Waals surface area contributed by atoms with Crippen molar-refractivity contribution in [2.75, 3.05) is 0 Å². The van der Waals surface area contributed by atoms with Gasteiger partial charge in [0.25, 0.3) is 0 Å². The minimum atomic E-state index is -0.835. The Hall–Kier alpha value is -0.890. The van der Waals surface area contributed by atoms with Gasteiger partial charge in [0.05, 0.1) is 0 Å². The number of hydrogen-bond acceptors (Lipinski definition) is 2. The molecule has 2 heteroatoms. The molecule has 13 heavy (non-hydrogen) atoms. The van der Waals surface area contributed by atoms with Crippen LogP contribution in [0, 0.1) is 5.41 Å². The van der Waals surface area contributed by atoms with E-state index in [-0.39, 0.29) is 11.2 Å². The predicted molar refractivity (Wildman–Crippen MR) is 52.3 cm³/mol. The summed E-state index contributed by atoms with van der Waals surface area (Å²) in [6.07, 6.45) is 1.38. The molecule has 0 fully saturated rings. The lowest BCUT2D eigenvalue weighted by molar-refractivity contribution is -0.125. The number of carbonyl (C=O) groups is 1. The molecular weight excluding hydrogens is 164 g/mol. The van der Waals surface area contributed by atoms with Crippen molar-refractivity contribution in [1.29, 1.82) is 0 Å². The Labute approximate surface area is 79.0 Å². The van der Waals surface area contributed by atoms with Crippen molar-refractivity contribution in [3.63, 3.8) is 0 Å². The zero-order valence-corrected chi connectivity index (χ0v) is 8.42. The Morgan fingerprint density at radius 2 is 2.15 bits per heavy atom. The maximum atomic E-state index is 11.4. The Bertz CT molecular complexity index is 284. The Balaban J connectivity index is 3.23. The number of aliphatic hydroxyl groups is 1. The van der Waals surface area contributed by atoms with Gasteiger partial charge in [0, 0.05) is 0 Å². The minimum absolute atomic E-state index is 0.140. The summed E-state index contributed by atoms with van der Waals surface area (Å²) in [6, 6.07) is 0. The van der Waals surface area contributed by atoms with Gasteiger partial charge in [-0.15, -0.1) is 0 Å². The highest BCUT2D eigenvalue weighted by Crippen LogP contribution is 2.39. The summed E-state index contributed by atoms with van der Waals surface area (Å²) in [6.45, 7) is 9.49. The van der Waals surface area contributed by atoms with Gasteiger partial charge in [-0.3, -0.25) is 4.79 Å². The summed E-state index contributed by atoms with van der Waals surface area (Å²) in [5, 5.41) is 9.48. The molecular formula is C11H16O2. The summed E-state index contributed by atoms with van der Waals surface area (Å²) < 4.78 is 0.